The van der Waals surface area contributed by atoms with Crippen LogP contribution in [0.2, 0.25) is 0 Å². The minimum atomic E-state index is -0.521. The Bertz CT molecular complexity index is 485. The van der Waals surface area contributed by atoms with E-state index in [1.807, 2.05) is 31.2 Å². The summed E-state index contributed by atoms with van der Waals surface area (Å²) in [6.07, 6.45) is 0.873. The third kappa shape index (κ3) is 3.24. The van der Waals surface area contributed by atoms with Crippen molar-refractivity contribution < 1.29 is 14.4 Å². The van der Waals surface area contributed by atoms with E-state index in [0.29, 0.717) is 13.0 Å². The molecule has 0 spiro atoms. The first-order chi connectivity index (χ1) is 9.24. The Kier molecular flexibility index (Phi) is 4.39. The first kappa shape index (κ1) is 13.4. The van der Waals surface area contributed by atoms with E-state index in [9.17, 15) is 4.79 Å². The fourth-order valence-corrected chi connectivity index (χ4v) is 1.85. The molecule has 1 aliphatic rings. The first-order valence-corrected chi connectivity index (χ1v) is 6.39. The standard InChI is InChI=1S/C14H18N2O3/c1-3-7-15-14(17)13-9-12(16-19-13)10-5-4-6-11(8-10)18-2/h4-6,8,13H,3,7,9H2,1-2H3,(H,15,17). The maximum absolute atomic E-state index is 11.8. The second-order valence-electron chi connectivity index (χ2n) is 4.36. The molecule has 0 bridgehead atoms. The van der Waals surface area contributed by atoms with Crippen LogP contribution in [0, 0.1) is 0 Å². The Labute approximate surface area is 112 Å². The van der Waals surface area contributed by atoms with Crippen molar-refractivity contribution in [3.63, 3.8) is 0 Å². The Balaban J connectivity index is 1.99. The molecule has 19 heavy (non-hydrogen) atoms. The third-order valence-electron chi connectivity index (χ3n) is 2.91. The average molecular weight is 262 g/mol. The van der Waals surface area contributed by atoms with Crippen LogP contribution in [0.25, 0.3) is 0 Å². The fourth-order valence-electron chi connectivity index (χ4n) is 1.85. The van der Waals surface area contributed by atoms with Crippen LogP contribution < -0.4 is 10.1 Å². The van der Waals surface area contributed by atoms with Crippen molar-refractivity contribution in [2.75, 3.05) is 13.7 Å². The first-order valence-electron chi connectivity index (χ1n) is 6.39. The van der Waals surface area contributed by atoms with E-state index in [1.165, 1.54) is 0 Å². The van der Waals surface area contributed by atoms with Crippen LogP contribution in [-0.4, -0.2) is 31.4 Å². The molecule has 0 saturated carbocycles. The SMILES string of the molecule is CCCNC(=O)C1CC(c2cccc(OC)c2)=NO1. The van der Waals surface area contributed by atoms with Gasteiger partial charge in [-0.15, -0.1) is 0 Å². The lowest BCUT2D eigenvalue weighted by Gasteiger charge is -2.08. The van der Waals surface area contributed by atoms with E-state index in [4.69, 9.17) is 9.57 Å². The zero-order valence-corrected chi connectivity index (χ0v) is 11.2. The largest absolute Gasteiger partial charge is 0.497 e. The van der Waals surface area contributed by atoms with E-state index in [2.05, 4.69) is 10.5 Å². The molecule has 0 saturated heterocycles. The second kappa shape index (κ2) is 6.22. The molecule has 1 amide bonds. The smallest absolute Gasteiger partial charge is 0.264 e. The van der Waals surface area contributed by atoms with Crippen molar-refractivity contribution in [1.29, 1.82) is 0 Å². The lowest BCUT2D eigenvalue weighted by molar-refractivity contribution is -0.131. The predicted molar refractivity (Wildman–Crippen MR) is 72.3 cm³/mol. The molecule has 0 radical (unpaired) electrons. The molecule has 0 aliphatic carbocycles. The number of amides is 1. The van der Waals surface area contributed by atoms with Gasteiger partial charge in [0.05, 0.1) is 12.8 Å². The van der Waals surface area contributed by atoms with Gasteiger partial charge >= 0.3 is 0 Å². The van der Waals surface area contributed by atoms with Crippen molar-refractivity contribution in [2.45, 2.75) is 25.9 Å². The molecule has 102 valence electrons. The number of methoxy groups -OCH3 is 1. The van der Waals surface area contributed by atoms with Gasteiger partial charge in [0.15, 0.2) is 0 Å². The normalized spacial score (nSPS) is 17.6. The van der Waals surface area contributed by atoms with Gasteiger partial charge in [0.1, 0.15) is 5.75 Å². The van der Waals surface area contributed by atoms with E-state index >= 15 is 0 Å². The molecule has 1 aromatic rings. The molecule has 5 nitrogen and oxygen atoms in total. The zero-order chi connectivity index (χ0) is 13.7. The number of carbonyl (C=O) groups excluding carboxylic acids is 1. The molecule has 2 rings (SSSR count). The number of oxime groups is 1. The van der Waals surface area contributed by atoms with Crippen LogP contribution in [0.15, 0.2) is 29.4 Å². The van der Waals surface area contributed by atoms with Crippen LogP contribution in [-0.2, 0) is 9.63 Å². The van der Waals surface area contributed by atoms with E-state index < -0.39 is 6.10 Å². The molecular weight excluding hydrogens is 244 g/mol. The number of hydrogen-bond acceptors (Lipinski definition) is 4. The maximum Gasteiger partial charge on any atom is 0.264 e. The monoisotopic (exact) mass is 262 g/mol. The Hall–Kier alpha value is -2.04. The fraction of sp³-hybridized carbons (Fsp3) is 0.429. The number of hydrogen-bond donors (Lipinski definition) is 1. The van der Waals surface area contributed by atoms with Gasteiger partial charge in [-0.1, -0.05) is 24.2 Å². The lowest BCUT2D eigenvalue weighted by atomic mass is 10.0. The van der Waals surface area contributed by atoms with Gasteiger partial charge < -0.3 is 14.9 Å². The second-order valence-corrected chi connectivity index (χ2v) is 4.36. The summed E-state index contributed by atoms with van der Waals surface area (Å²) in [5.41, 5.74) is 1.70. The van der Waals surface area contributed by atoms with Crippen molar-refractivity contribution in [2.24, 2.45) is 5.16 Å². The van der Waals surface area contributed by atoms with Crippen molar-refractivity contribution in [1.82, 2.24) is 5.32 Å². The highest BCUT2D eigenvalue weighted by molar-refractivity contribution is 6.04. The van der Waals surface area contributed by atoms with Gasteiger partial charge in [0.25, 0.3) is 5.91 Å². The summed E-state index contributed by atoms with van der Waals surface area (Å²) in [7, 11) is 1.62. The van der Waals surface area contributed by atoms with E-state index in [1.54, 1.807) is 7.11 Å². The minimum Gasteiger partial charge on any atom is -0.497 e. The van der Waals surface area contributed by atoms with Crippen LogP contribution >= 0.6 is 0 Å². The van der Waals surface area contributed by atoms with Crippen LogP contribution in [0.3, 0.4) is 0 Å². The summed E-state index contributed by atoms with van der Waals surface area (Å²) in [6.45, 7) is 2.67. The molecule has 1 heterocycles. The molecule has 0 fully saturated rings. The number of benzene rings is 1. The summed E-state index contributed by atoms with van der Waals surface area (Å²) in [5.74, 6) is 0.655. The van der Waals surface area contributed by atoms with Gasteiger partial charge in [-0.3, -0.25) is 4.79 Å². The number of rotatable bonds is 5. The van der Waals surface area contributed by atoms with E-state index in [0.717, 1.165) is 23.4 Å². The summed E-state index contributed by atoms with van der Waals surface area (Å²) >= 11 is 0. The summed E-state index contributed by atoms with van der Waals surface area (Å²) in [6, 6.07) is 7.57. The Morgan fingerprint density at radius 3 is 3.16 bits per heavy atom. The Morgan fingerprint density at radius 2 is 2.42 bits per heavy atom. The number of carbonyl (C=O) groups is 1. The van der Waals surface area contributed by atoms with Crippen molar-refractivity contribution >= 4 is 11.6 Å². The molecule has 1 N–H and O–H groups in total. The molecular formula is C14H18N2O3. The number of nitrogens with one attached hydrogen (secondary N) is 1. The van der Waals surface area contributed by atoms with E-state index in [-0.39, 0.29) is 5.91 Å². The quantitative estimate of drug-likeness (QED) is 0.878. The molecule has 0 aromatic heterocycles. The van der Waals surface area contributed by atoms with Gasteiger partial charge in [-0.05, 0) is 18.6 Å². The van der Waals surface area contributed by atoms with Gasteiger partial charge in [-0.2, -0.15) is 0 Å². The van der Waals surface area contributed by atoms with Crippen LogP contribution in [0.5, 0.6) is 5.75 Å². The van der Waals surface area contributed by atoms with Gasteiger partial charge in [0, 0.05) is 18.5 Å². The van der Waals surface area contributed by atoms with Gasteiger partial charge in [0.2, 0.25) is 6.10 Å². The van der Waals surface area contributed by atoms with Crippen molar-refractivity contribution in [3.05, 3.63) is 29.8 Å². The minimum absolute atomic E-state index is 0.108. The van der Waals surface area contributed by atoms with Crippen LogP contribution in [0.1, 0.15) is 25.3 Å². The highest BCUT2D eigenvalue weighted by atomic mass is 16.6. The summed E-state index contributed by atoms with van der Waals surface area (Å²) in [4.78, 5) is 17.0. The number of nitrogens with zero attached hydrogens (tertiary/aromatic N) is 1. The van der Waals surface area contributed by atoms with Crippen molar-refractivity contribution in [3.8, 4) is 5.75 Å². The number of ether oxygens (including phenoxy) is 1. The molecule has 1 aliphatic heterocycles. The molecule has 5 heteroatoms. The average Bonchev–Trinajstić information content (AvgIpc) is 2.94. The zero-order valence-electron chi connectivity index (χ0n) is 11.2. The molecule has 1 unspecified atom stereocenters. The Morgan fingerprint density at radius 1 is 1.58 bits per heavy atom. The summed E-state index contributed by atoms with van der Waals surface area (Å²) in [5, 5.41) is 6.80. The third-order valence-corrected chi connectivity index (χ3v) is 2.91. The lowest BCUT2D eigenvalue weighted by Crippen LogP contribution is -2.35. The van der Waals surface area contributed by atoms with Crippen LogP contribution in [0.4, 0.5) is 0 Å². The van der Waals surface area contributed by atoms with Gasteiger partial charge in [-0.25, -0.2) is 0 Å². The molecule has 1 atom stereocenters. The highest BCUT2D eigenvalue weighted by Gasteiger charge is 2.28. The maximum atomic E-state index is 11.8. The predicted octanol–water partition coefficient (Wildman–Crippen LogP) is 1.71. The summed E-state index contributed by atoms with van der Waals surface area (Å²) < 4.78 is 5.17. The molecule has 1 aromatic carbocycles. The highest BCUT2D eigenvalue weighted by Crippen LogP contribution is 2.20. The topological polar surface area (TPSA) is 59.9 Å².